The van der Waals surface area contributed by atoms with Crippen LogP contribution in [0.5, 0.6) is 23.0 Å². The summed E-state index contributed by atoms with van der Waals surface area (Å²) >= 11 is 0. The lowest BCUT2D eigenvalue weighted by molar-refractivity contribution is -0.123. The van der Waals surface area contributed by atoms with Crippen molar-refractivity contribution in [1.29, 1.82) is 0 Å². The van der Waals surface area contributed by atoms with E-state index in [0.29, 0.717) is 29.0 Å². The SMILES string of the molecule is CCCCOc1ccc(OCC(=O)N/N=C/c2ccc(OC(=O)c3ccccc3)cc2OC(=O)c2ccccc2)cc1. The number of ether oxygens (including phenoxy) is 4. The van der Waals surface area contributed by atoms with E-state index < -0.39 is 17.8 Å². The summed E-state index contributed by atoms with van der Waals surface area (Å²) in [5.41, 5.74) is 3.44. The molecule has 0 bridgehead atoms. The smallest absolute Gasteiger partial charge is 0.343 e. The highest BCUT2D eigenvalue weighted by Gasteiger charge is 2.15. The lowest BCUT2D eigenvalue weighted by atomic mass is 10.2. The van der Waals surface area contributed by atoms with Gasteiger partial charge in [0.2, 0.25) is 0 Å². The Morgan fingerprint density at radius 2 is 1.29 bits per heavy atom. The molecule has 0 saturated heterocycles. The average molecular weight is 567 g/mol. The normalized spacial score (nSPS) is 10.6. The maximum Gasteiger partial charge on any atom is 0.343 e. The van der Waals surface area contributed by atoms with E-state index in [-0.39, 0.29) is 18.1 Å². The van der Waals surface area contributed by atoms with Crippen molar-refractivity contribution in [3.8, 4) is 23.0 Å². The van der Waals surface area contributed by atoms with Gasteiger partial charge in [-0.2, -0.15) is 5.10 Å². The number of nitrogens with one attached hydrogen (secondary N) is 1. The molecule has 0 aromatic heterocycles. The summed E-state index contributed by atoms with van der Waals surface area (Å²) in [5, 5.41) is 3.97. The lowest BCUT2D eigenvalue weighted by Gasteiger charge is -2.11. The number of carbonyl (C=O) groups excluding carboxylic acids is 3. The Morgan fingerprint density at radius 3 is 1.90 bits per heavy atom. The molecule has 1 amide bonds. The van der Waals surface area contributed by atoms with Crippen LogP contribution in [0.25, 0.3) is 0 Å². The minimum absolute atomic E-state index is 0.0812. The molecule has 0 saturated carbocycles. The second-order valence-corrected chi connectivity index (χ2v) is 8.97. The first-order valence-electron chi connectivity index (χ1n) is 13.4. The third kappa shape index (κ3) is 9.06. The van der Waals surface area contributed by atoms with Crippen molar-refractivity contribution in [1.82, 2.24) is 5.43 Å². The second-order valence-electron chi connectivity index (χ2n) is 8.97. The number of benzene rings is 4. The highest BCUT2D eigenvalue weighted by molar-refractivity contribution is 5.94. The van der Waals surface area contributed by atoms with Crippen molar-refractivity contribution in [2.24, 2.45) is 5.10 Å². The van der Waals surface area contributed by atoms with Crippen LogP contribution in [-0.2, 0) is 4.79 Å². The van der Waals surface area contributed by atoms with E-state index in [1.54, 1.807) is 91.0 Å². The molecule has 0 aliphatic heterocycles. The predicted molar refractivity (Wildman–Crippen MR) is 157 cm³/mol. The van der Waals surface area contributed by atoms with Crippen LogP contribution in [-0.4, -0.2) is 37.3 Å². The van der Waals surface area contributed by atoms with E-state index in [9.17, 15) is 14.4 Å². The number of hydrogen-bond donors (Lipinski definition) is 1. The van der Waals surface area contributed by atoms with Gasteiger partial charge in [0.25, 0.3) is 5.91 Å². The van der Waals surface area contributed by atoms with Crippen LogP contribution in [0.4, 0.5) is 0 Å². The summed E-state index contributed by atoms with van der Waals surface area (Å²) in [4.78, 5) is 37.5. The summed E-state index contributed by atoms with van der Waals surface area (Å²) < 4.78 is 22.2. The molecule has 0 aliphatic rings. The van der Waals surface area contributed by atoms with E-state index >= 15 is 0 Å². The van der Waals surface area contributed by atoms with Crippen LogP contribution < -0.4 is 24.4 Å². The van der Waals surface area contributed by atoms with Gasteiger partial charge in [-0.1, -0.05) is 49.7 Å². The molecule has 0 spiro atoms. The molecular weight excluding hydrogens is 536 g/mol. The number of unbranched alkanes of at least 4 members (excludes halogenated alkanes) is 1. The predicted octanol–water partition coefficient (Wildman–Crippen LogP) is 5.83. The molecule has 0 fully saturated rings. The zero-order valence-electron chi connectivity index (χ0n) is 23.0. The van der Waals surface area contributed by atoms with Gasteiger partial charge >= 0.3 is 11.9 Å². The number of hydrazone groups is 1. The molecule has 4 rings (SSSR count). The van der Waals surface area contributed by atoms with E-state index in [2.05, 4.69) is 17.5 Å². The fourth-order valence-electron chi connectivity index (χ4n) is 3.57. The zero-order valence-corrected chi connectivity index (χ0v) is 23.0. The Hall–Kier alpha value is -5.44. The van der Waals surface area contributed by atoms with Crippen molar-refractivity contribution in [3.05, 3.63) is 120 Å². The summed E-state index contributed by atoms with van der Waals surface area (Å²) in [7, 11) is 0. The highest BCUT2D eigenvalue weighted by Crippen LogP contribution is 2.26. The van der Waals surface area contributed by atoms with Gasteiger partial charge in [0, 0.05) is 11.6 Å². The monoisotopic (exact) mass is 566 g/mol. The van der Waals surface area contributed by atoms with Gasteiger partial charge in [0.15, 0.2) is 6.61 Å². The van der Waals surface area contributed by atoms with Crippen molar-refractivity contribution < 1.29 is 33.3 Å². The lowest BCUT2D eigenvalue weighted by Crippen LogP contribution is -2.24. The second kappa shape index (κ2) is 15.4. The Balaban J connectivity index is 1.39. The van der Waals surface area contributed by atoms with Crippen LogP contribution in [0.15, 0.2) is 108 Å². The van der Waals surface area contributed by atoms with Gasteiger partial charge in [0.1, 0.15) is 23.0 Å². The molecular formula is C33H30N2O7. The molecule has 214 valence electrons. The van der Waals surface area contributed by atoms with Crippen molar-refractivity contribution in [2.45, 2.75) is 19.8 Å². The van der Waals surface area contributed by atoms with Crippen LogP contribution in [0, 0.1) is 0 Å². The van der Waals surface area contributed by atoms with Gasteiger partial charge in [-0.3, -0.25) is 4.79 Å². The number of rotatable bonds is 13. The topological polar surface area (TPSA) is 113 Å². The van der Waals surface area contributed by atoms with Gasteiger partial charge < -0.3 is 18.9 Å². The molecule has 0 aliphatic carbocycles. The Morgan fingerprint density at radius 1 is 0.714 bits per heavy atom. The van der Waals surface area contributed by atoms with E-state index in [0.717, 1.165) is 18.6 Å². The van der Waals surface area contributed by atoms with Gasteiger partial charge in [-0.15, -0.1) is 0 Å². The number of nitrogens with zero attached hydrogens (tertiary/aromatic N) is 1. The quantitative estimate of drug-likeness (QED) is 0.0712. The van der Waals surface area contributed by atoms with Gasteiger partial charge in [-0.25, -0.2) is 15.0 Å². The average Bonchev–Trinajstić information content (AvgIpc) is 3.02. The maximum atomic E-state index is 12.7. The Labute approximate surface area is 243 Å². The highest BCUT2D eigenvalue weighted by atomic mass is 16.5. The molecule has 0 unspecified atom stereocenters. The van der Waals surface area contributed by atoms with Gasteiger partial charge in [-0.05, 0) is 67.1 Å². The van der Waals surface area contributed by atoms with Crippen LogP contribution in [0.2, 0.25) is 0 Å². The molecule has 42 heavy (non-hydrogen) atoms. The van der Waals surface area contributed by atoms with Crippen LogP contribution >= 0.6 is 0 Å². The fraction of sp³-hybridized carbons (Fsp3) is 0.152. The minimum atomic E-state index is -0.615. The Bertz CT molecular complexity index is 1500. The van der Waals surface area contributed by atoms with Crippen molar-refractivity contribution >= 4 is 24.1 Å². The summed E-state index contributed by atoms with van der Waals surface area (Å²) in [6.07, 6.45) is 3.34. The van der Waals surface area contributed by atoms with Crippen molar-refractivity contribution in [3.63, 3.8) is 0 Å². The third-order valence-electron chi connectivity index (χ3n) is 5.77. The summed E-state index contributed by atoms with van der Waals surface area (Å²) in [6, 6.07) is 28.4. The zero-order chi connectivity index (χ0) is 29.6. The largest absolute Gasteiger partial charge is 0.494 e. The molecule has 4 aromatic carbocycles. The van der Waals surface area contributed by atoms with E-state index in [1.165, 1.54) is 18.3 Å². The first-order chi connectivity index (χ1) is 20.5. The third-order valence-corrected chi connectivity index (χ3v) is 5.77. The first kappa shape index (κ1) is 29.5. The van der Waals surface area contributed by atoms with E-state index in [1.807, 2.05) is 0 Å². The molecule has 4 aromatic rings. The number of carbonyl (C=O) groups is 3. The molecule has 0 atom stereocenters. The Kier molecular flexibility index (Phi) is 10.8. The summed E-state index contributed by atoms with van der Waals surface area (Å²) in [5.74, 6) is -0.193. The minimum Gasteiger partial charge on any atom is -0.494 e. The molecule has 9 nitrogen and oxygen atoms in total. The van der Waals surface area contributed by atoms with E-state index in [4.69, 9.17) is 18.9 Å². The number of esters is 2. The number of hydrogen-bond acceptors (Lipinski definition) is 8. The van der Waals surface area contributed by atoms with Crippen LogP contribution in [0.3, 0.4) is 0 Å². The molecule has 9 heteroatoms. The van der Waals surface area contributed by atoms with Gasteiger partial charge in [0.05, 0.1) is 23.9 Å². The maximum absolute atomic E-state index is 12.7. The molecule has 0 radical (unpaired) electrons. The van der Waals surface area contributed by atoms with Crippen LogP contribution in [0.1, 0.15) is 46.0 Å². The number of amides is 1. The fourth-order valence-corrected chi connectivity index (χ4v) is 3.57. The molecule has 0 heterocycles. The summed E-state index contributed by atoms with van der Waals surface area (Å²) in [6.45, 7) is 2.47. The first-order valence-corrected chi connectivity index (χ1v) is 13.4. The van der Waals surface area contributed by atoms with Crippen molar-refractivity contribution in [2.75, 3.05) is 13.2 Å². The molecule has 1 N–H and O–H groups in total. The standard InChI is InChI=1S/C33H30N2O7/c1-2-3-20-39-27-16-18-28(19-17-27)40-23-31(36)35-34-22-26-14-15-29(41-32(37)24-10-6-4-7-11-24)21-30(26)42-33(38)25-12-8-5-9-13-25/h4-19,21-22H,2-3,20,23H2,1H3,(H,35,36)/b34-22+.